The Kier molecular flexibility index (Phi) is 14.3. The van der Waals surface area contributed by atoms with Crippen LogP contribution in [0.5, 0.6) is 0 Å². The molecule has 1 radical (unpaired) electrons. The topological polar surface area (TPSA) is 67.2 Å². The van der Waals surface area contributed by atoms with Gasteiger partial charge in [0.15, 0.2) is 11.4 Å². The number of fused-ring (bicyclic) bond motifs is 2. The van der Waals surface area contributed by atoms with Crippen molar-refractivity contribution < 1.29 is 39.0 Å². The molecule has 281 valence electrons. The SMILES string of the molecule is CCC(C)(CC)C(=O)/C=C(\O)C(C)(CC)CC.[CH2-][n+]1ccc(-c2ccc3occ(CC(C)C)c3n2)cc1-c1[c-]c2ccccc2c(C(C)(C)C)c1.[Ir]. The number of allylic oxidation sites excluding steroid dienone is 2. The zero-order valence-corrected chi connectivity index (χ0v) is 35.6. The van der Waals surface area contributed by atoms with Crippen LogP contribution in [-0.4, -0.2) is 15.9 Å². The van der Waals surface area contributed by atoms with Gasteiger partial charge in [-0.3, -0.25) is 4.79 Å². The van der Waals surface area contributed by atoms with E-state index >= 15 is 0 Å². The van der Waals surface area contributed by atoms with Gasteiger partial charge in [-0.05, 0) is 73.3 Å². The van der Waals surface area contributed by atoms with Crippen LogP contribution in [0.25, 0.3) is 44.4 Å². The second-order valence-electron chi connectivity index (χ2n) is 16.0. The number of hydrogen-bond donors (Lipinski definition) is 1. The molecule has 0 amide bonds. The van der Waals surface area contributed by atoms with E-state index < -0.39 is 0 Å². The first-order valence-corrected chi connectivity index (χ1v) is 18.7. The normalized spacial score (nSPS) is 12.5. The van der Waals surface area contributed by atoms with Crippen molar-refractivity contribution in [3.05, 3.63) is 103 Å². The van der Waals surface area contributed by atoms with Crippen molar-refractivity contribution >= 4 is 27.7 Å². The molecule has 0 atom stereocenters. The number of pyridine rings is 2. The van der Waals surface area contributed by atoms with E-state index in [1.165, 1.54) is 17.0 Å². The van der Waals surface area contributed by atoms with Crippen LogP contribution in [0.2, 0.25) is 0 Å². The Bertz CT molecular complexity index is 2010. The van der Waals surface area contributed by atoms with E-state index in [0.29, 0.717) is 5.92 Å². The first-order valence-electron chi connectivity index (χ1n) is 18.7. The van der Waals surface area contributed by atoms with Crippen LogP contribution in [0.3, 0.4) is 0 Å². The van der Waals surface area contributed by atoms with Crippen LogP contribution in [0.1, 0.15) is 113 Å². The van der Waals surface area contributed by atoms with E-state index in [-0.39, 0.29) is 47.9 Å². The van der Waals surface area contributed by atoms with Gasteiger partial charge in [-0.25, -0.2) is 4.98 Å². The summed E-state index contributed by atoms with van der Waals surface area (Å²) in [6.45, 7) is 23.3. The molecule has 0 fully saturated rings. The van der Waals surface area contributed by atoms with Crippen molar-refractivity contribution in [2.75, 3.05) is 0 Å². The molecule has 0 unspecified atom stereocenters. The number of furan rings is 1. The van der Waals surface area contributed by atoms with E-state index in [2.05, 4.69) is 90.2 Å². The van der Waals surface area contributed by atoms with E-state index in [4.69, 9.17) is 9.40 Å². The van der Waals surface area contributed by atoms with Gasteiger partial charge in [0.1, 0.15) is 17.0 Å². The minimum Gasteiger partial charge on any atom is -0.512 e. The number of aliphatic hydroxyl groups excluding tert-OH is 1. The fourth-order valence-corrected chi connectivity index (χ4v) is 6.30. The van der Waals surface area contributed by atoms with Gasteiger partial charge in [-0.15, -0.1) is 29.1 Å². The smallest absolute Gasteiger partial charge is 0.164 e. The molecule has 2 aromatic carbocycles. The van der Waals surface area contributed by atoms with Crippen molar-refractivity contribution in [2.45, 2.75) is 114 Å². The molecule has 0 aliphatic rings. The second-order valence-corrected chi connectivity index (χ2v) is 16.0. The summed E-state index contributed by atoms with van der Waals surface area (Å²) in [6, 6.07) is 22.7. The zero-order valence-electron chi connectivity index (χ0n) is 33.2. The van der Waals surface area contributed by atoms with Crippen molar-refractivity contribution in [1.82, 2.24) is 4.98 Å². The Balaban J connectivity index is 0.000000347. The molecule has 52 heavy (non-hydrogen) atoms. The fraction of sp³-hybridized carbons (Fsp3) is 0.435. The van der Waals surface area contributed by atoms with Crippen molar-refractivity contribution in [1.29, 1.82) is 0 Å². The molecule has 0 bridgehead atoms. The van der Waals surface area contributed by atoms with Crippen molar-refractivity contribution in [3.8, 4) is 22.5 Å². The standard InChI is InChI=1S/C31H31N2O.C15H28O2.Ir/c1-20(2)15-24-19-34-29-12-11-27(32-30(24)29)22-13-14-33(6)28(18-22)23-16-21-9-7-8-10-25(21)26(17-23)31(3,4)5;1-7-14(5,8-2)12(16)11-13(17)15(6,9-3)10-4;/h7-14,17-20H,6,15H2,1-5H3;11,16H,7-10H2,1-6H3;/q-1;;/b;12-11-;. The molecular formula is C46H59IrN2O3-. The Morgan fingerprint density at radius 2 is 1.58 bits per heavy atom. The van der Waals surface area contributed by atoms with Gasteiger partial charge >= 0.3 is 0 Å². The Hall–Kier alpha value is -3.73. The largest absolute Gasteiger partial charge is 0.512 e. The molecule has 0 saturated heterocycles. The summed E-state index contributed by atoms with van der Waals surface area (Å²) < 4.78 is 7.67. The minimum atomic E-state index is -0.337. The number of nitrogens with zero attached hydrogens (tertiary/aromatic N) is 2. The Morgan fingerprint density at radius 1 is 0.942 bits per heavy atom. The van der Waals surface area contributed by atoms with Crippen molar-refractivity contribution in [3.63, 3.8) is 0 Å². The number of aliphatic hydroxyl groups is 1. The quantitative estimate of drug-likeness (QED) is 0.0621. The molecule has 0 aliphatic heterocycles. The number of ketones is 1. The van der Waals surface area contributed by atoms with E-state index in [0.717, 1.165) is 76.7 Å². The summed E-state index contributed by atoms with van der Waals surface area (Å²) in [6.07, 6.45) is 9.55. The molecule has 6 heteroatoms. The summed E-state index contributed by atoms with van der Waals surface area (Å²) in [4.78, 5) is 17.2. The van der Waals surface area contributed by atoms with Gasteiger partial charge < -0.3 is 14.1 Å². The number of hydrogen-bond acceptors (Lipinski definition) is 4. The van der Waals surface area contributed by atoms with Crippen LogP contribution in [0.4, 0.5) is 0 Å². The average Bonchev–Trinajstić information content (AvgIpc) is 3.51. The summed E-state index contributed by atoms with van der Waals surface area (Å²) in [5.41, 5.74) is 7.67. The monoisotopic (exact) mass is 880 g/mol. The molecule has 3 aromatic heterocycles. The van der Waals surface area contributed by atoms with Crippen molar-refractivity contribution in [2.24, 2.45) is 16.7 Å². The molecule has 1 N–H and O–H groups in total. The van der Waals surface area contributed by atoms with Crippen LogP contribution < -0.4 is 4.57 Å². The number of carbonyl (C=O) groups is 1. The van der Waals surface area contributed by atoms with Gasteiger partial charge in [0.2, 0.25) is 0 Å². The summed E-state index contributed by atoms with van der Waals surface area (Å²) in [5, 5.41) is 12.5. The first kappa shape index (κ1) is 42.7. The maximum absolute atomic E-state index is 12.2. The van der Waals surface area contributed by atoms with Gasteiger partial charge in [-0.2, -0.15) is 0 Å². The van der Waals surface area contributed by atoms with E-state index in [1.54, 1.807) is 0 Å². The molecule has 3 heterocycles. The number of aromatic nitrogens is 2. The van der Waals surface area contributed by atoms with Gasteiger partial charge in [-0.1, -0.05) is 105 Å². The third-order valence-corrected chi connectivity index (χ3v) is 10.9. The Morgan fingerprint density at radius 3 is 2.17 bits per heavy atom. The van der Waals surface area contributed by atoms with Crippen LogP contribution in [-0.2, 0) is 36.7 Å². The maximum Gasteiger partial charge on any atom is 0.164 e. The molecule has 5 nitrogen and oxygen atoms in total. The minimum absolute atomic E-state index is 0. The number of benzene rings is 2. The molecule has 5 aromatic rings. The Labute approximate surface area is 326 Å². The molecule has 5 rings (SSSR count). The molecular weight excluding hydrogens is 821 g/mol. The third-order valence-electron chi connectivity index (χ3n) is 10.9. The van der Waals surface area contributed by atoms with Crippen LogP contribution in [0.15, 0.2) is 83.3 Å². The van der Waals surface area contributed by atoms with Crippen LogP contribution in [0, 0.1) is 29.9 Å². The molecule has 0 spiro atoms. The molecule has 0 aliphatic carbocycles. The summed E-state index contributed by atoms with van der Waals surface area (Å²) in [5.74, 6) is 0.828. The van der Waals surface area contributed by atoms with E-state index in [1.807, 2.05) is 70.7 Å². The van der Waals surface area contributed by atoms with Gasteiger partial charge in [0.05, 0.1) is 18.2 Å². The zero-order chi connectivity index (χ0) is 37.7. The number of rotatable bonds is 11. The summed E-state index contributed by atoms with van der Waals surface area (Å²) >= 11 is 0. The maximum atomic E-state index is 12.2. The van der Waals surface area contributed by atoms with E-state index in [9.17, 15) is 9.90 Å². The summed E-state index contributed by atoms with van der Waals surface area (Å²) in [7, 11) is 4.25. The molecule has 0 saturated carbocycles. The number of carbonyl (C=O) groups excluding carboxylic acids is 1. The van der Waals surface area contributed by atoms with Gasteiger partial charge in [0, 0.05) is 49.6 Å². The second kappa shape index (κ2) is 17.4. The average molecular weight is 880 g/mol. The van der Waals surface area contributed by atoms with Gasteiger partial charge in [0.25, 0.3) is 0 Å². The third kappa shape index (κ3) is 9.43. The predicted octanol–water partition coefficient (Wildman–Crippen LogP) is 12.2. The first-order chi connectivity index (χ1) is 24.0. The fourth-order valence-electron chi connectivity index (χ4n) is 6.30. The van der Waals surface area contributed by atoms with Crippen LogP contribution >= 0.6 is 0 Å². The predicted molar refractivity (Wildman–Crippen MR) is 213 cm³/mol.